The molecule has 0 bridgehead atoms. The maximum atomic E-state index is 12.3. The standard InChI is InChI=1S/C27H31N3O5/c28-15-21-3-6-25-26(14-21)35-24(18-33-25)16-29-10-7-19(8-11-29)9-12-30-22(17-34-27(30)32)13-20-1-4-23(31)5-2-20/h1-6,14,19,22,24,31H,7-13,16-18H2/t22-,24-/m0/s1. The Hall–Kier alpha value is -3.44. The van der Waals surface area contributed by atoms with Crippen molar-refractivity contribution >= 4 is 6.09 Å². The number of nitriles is 1. The van der Waals surface area contributed by atoms with Gasteiger partial charge in [0.1, 0.15) is 25.1 Å². The molecule has 0 aromatic heterocycles. The van der Waals surface area contributed by atoms with Crippen molar-refractivity contribution in [3.05, 3.63) is 53.6 Å². The quantitative estimate of drug-likeness (QED) is 0.651. The van der Waals surface area contributed by atoms with Gasteiger partial charge in [0.15, 0.2) is 11.5 Å². The first-order chi connectivity index (χ1) is 17.1. The number of phenolic OH excluding ortho intramolecular Hbond substituents is 1. The van der Waals surface area contributed by atoms with Crippen LogP contribution in [0.4, 0.5) is 4.79 Å². The smallest absolute Gasteiger partial charge is 0.410 e. The maximum Gasteiger partial charge on any atom is 0.410 e. The number of hydrogen-bond acceptors (Lipinski definition) is 7. The van der Waals surface area contributed by atoms with Crippen LogP contribution >= 0.6 is 0 Å². The van der Waals surface area contributed by atoms with Crippen molar-refractivity contribution in [2.75, 3.05) is 39.4 Å². The third kappa shape index (κ3) is 5.63. The number of piperidine rings is 1. The molecule has 0 aliphatic carbocycles. The molecule has 5 rings (SSSR count). The van der Waals surface area contributed by atoms with Gasteiger partial charge in [-0.05, 0) is 74.5 Å². The maximum absolute atomic E-state index is 12.3. The third-order valence-corrected chi connectivity index (χ3v) is 7.22. The molecule has 2 aromatic rings. The number of rotatable bonds is 7. The van der Waals surface area contributed by atoms with Gasteiger partial charge in [0.05, 0.1) is 17.7 Å². The van der Waals surface area contributed by atoms with Crippen LogP contribution in [-0.2, 0) is 11.2 Å². The second-order valence-electron chi connectivity index (χ2n) is 9.65. The van der Waals surface area contributed by atoms with E-state index in [1.807, 2.05) is 17.0 Å². The van der Waals surface area contributed by atoms with E-state index in [1.54, 1.807) is 30.3 Å². The van der Waals surface area contributed by atoms with Crippen molar-refractivity contribution < 1.29 is 24.1 Å². The van der Waals surface area contributed by atoms with Crippen LogP contribution in [0.1, 0.15) is 30.4 Å². The van der Waals surface area contributed by atoms with Gasteiger partial charge in [-0.25, -0.2) is 4.79 Å². The van der Waals surface area contributed by atoms with E-state index in [-0.39, 0.29) is 24.0 Å². The van der Waals surface area contributed by atoms with Crippen LogP contribution in [0.3, 0.4) is 0 Å². The molecule has 2 fully saturated rings. The second kappa shape index (κ2) is 10.4. The number of carbonyl (C=O) groups excluding carboxylic acids is 1. The van der Waals surface area contributed by atoms with E-state index in [4.69, 9.17) is 19.5 Å². The van der Waals surface area contributed by atoms with Gasteiger partial charge in [0.25, 0.3) is 0 Å². The fraction of sp³-hybridized carbons (Fsp3) is 0.481. The molecule has 3 aliphatic heterocycles. The summed E-state index contributed by atoms with van der Waals surface area (Å²) in [7, 11) is 0. The number of likely N-dealkylation sites (tertiary alicyclic amines) is 1. The highest BCUT2D eigenvalue weighted by Crippen LogP contribution is 2.33. The molecule has 8 heteroatoms. The molecule has 0 radical (unpaired) electrons. The molecule has 1 N–H and O–H groups in total. The molecular formula is C27H31N3O5. The molecule has 2 saturated heterocycles. The number of nitrogens with zero attached hydrogens (tertiary/aromatic N) is 3. The molecule has 35 heavy (non-hydrogen) atoms. The molecular weight excluding hydrogens is 446 g/mol. The molecule has 0 spiro atoms. The van der Waals surface area contributed by atoms with Crippen molar-refractivity contribution in [1.82, 2.24) is 9.80 Å². The van der Waals surface area contributed by atoms with Gasteiger partial charge in [0, 0.05) is 19.2 Å². The minimum absolute atomic E-state index is 0.0417. The van der Waals surface area contributed by atoms with Crippen LogP contribution in [0.2, 0.25) is 0 Å². The van der Waals surface area contributed by atoms with Crippen LogP contribution in [0.5, 0.6) is 17.2 Å². The van der Waals surface area contributed by atoms with Gasteiger partial charge in [0.2, 0.25) is 0 Å². The Kier molecular flexibility index (Phi) is 6.96. The summed E-state index contributed by atoms with van der Waals surface area (Å²) in [5.74, 6) is 2.17. The van der Waals surface area contributed by atoms with Crippen LogP contribution in [0, 0.1) is 17.2 Å². The molecule has 3 aliphatic rings. The van der Waals surface area contributed by atoms with Crippen LogP contribution in [-0.4, -0.2) is 72.5 Å². The lowest BCUT2D eigenvalue weighted by atomic mass is 9.93. The topological polar surface area (TPSA) is 95.3 Å². The zero-order valence-electron chi connectivity index (χ0n) is 19.8. The van der Waals surface area contributed by atoms with Crippen molar-refractivity contribution in [1.29, 1.82) is 5.26 Å². The average molecular weight is 478 g/mol. The predicted octanol–water partition coefficient (Wildman–Crippen LogP) is 3.57. The molecule has 0 saturated carbocycles. The predicted molar refractivity (Wildman–Crippen MR) is 129 cm³/mol. The summed E-state index contributed by atoms with van der Waals surface area (Å²) in [6.07, 6.45) is 3.62. The van der Waals surface area contributed by atoms with Crippen molar-refractivity contribution in [2.45, 2.75) is 37.8 Å². The lowest BCUT2D eigenvalue weighted by molar-refractivity contribution is 0.0465. The number of benzene rings is 2. The van der Waals surface area contributed by atoms with Crippen molar-refractivity contribution in [3.8, 4) is 23.3 Å². The van der Waals surface area contributed by atoms with Crippen molar-refractivity contribution in [2.24, 2.45) is 5.92 Å². The van der Waals surface area contributed by atoms with Gasteiger partial charge < -0.3 is 24.2 Å². The first-order valence-corrected chi connectivity index (χ1v) is 12.3. The molecule has 2 atom stereocenters. The highest BCUT2D eigenvalue weighted by atomic mass is 16.6. The Morgan fingerprint density at radius 3 is 2.60 bits per heavy atom. The monoisotopic (exact) mass is 477 g/mol. The summed E-state index contributed by atoms with van der Waals surface area (Å²) in [5.41, 5.74) is 1.66. The molecule has 2 aromatic carbocycles. The van der Waals surface area contributed by atoms with E-state index >= 15 is 0 Å². The van der Waals surface area contributed by atoms with E-state index in [9.17, 15) is 9.90 Å². The summed E-state index contributed by atoms with van der Waals surface area (Å²) < 4.78 is 17.3. The van der Waals surface area contributed by atoms with Crippen LogP contribution < -0.4 is 9.47 Å². The molecule has 184 valence electrons. The largest absolute Gasteiger partial charge is 0.508 e. The Labute approximate surface area is 205 Å². The summed E-state index contributed by atoms with van der Waals surface area (Å²) in [6, 6.07) is 14.6. The van der Waals surface area contributed by atoms with E-state index in [1.165, 1.54) is 0 Å². The number of amides is 1. The SMILES string of the molecule is N#Cc1ccc2c(c1)O[C@@H](CN1CCC(CCN3C(=O)OC[C@@H]3Cc3ccc(O)cc3)CC1)CO2. The van der Waals surface area contributed by atoms with Crippen LogP contribution in [0.25, 0.3) is 0 Å². The van der Waals surface area contributed by atoms with Gasteiger partial charge in [-0.2, -0.15) is 5.26 Å². The Bertz CT molecular complexity index is 1080. The highest BCUT2D eigenvalue weighted by molar-refractivity contribution is 5.70. The third-order valence-electron chi connectivity index (χ3n) is 7.22. The summed E-state index contributed by atoms with van der Waals surface area (Å²) >= 11 is 0. The number of aromatic hydroxyl groups is 1. The zero-order valence-corrected chi connectivity index (χ0v) is 19.8. The minimum atomic E-state index is -0.222. The van der Waals surface area contributed by atoms with E-state index < -0.39 is 0 Å². The number of cyclic esters (lactones) is 1. The van der Waals surface area contributed by atoms with Crippen LogP contribution in [0.15, 0.2) is 42.5 Å². The molecule has 3 heterocycles. The summed E-state index contributed by atoms with van der Waals surface area (Å²) in [6.45, 7) is 4.44. The van der Waals surface area contributed by atoms with Gasteiger partial charge >= 0.3 is 6.09 Å². The number of carbonyl (C=O) groups is 1. The first-order valence-electron chi connectivity index (χ1n) is 12.3. The van der Waals surface area contributed by atoms with Crippen molar-refractivity contribution in [3.63, 3.8) is 0 Å². The lowest BCUT2D eigenvalue weighted by Crippen LogP contribution is -2.44. The van der Waals surface area contributed by atoms with Gasteiger partial charge in [-0.1, -0.05) is 12.1 Å². The van der Waals surface area contributed by atoms with Gasteiger partial charge in [-0.3, -0.25) is 4.90 Å². The van der Waals surface area contributed by atoms with E-state index in [0.29, 0.717) is 42.7 Å². The first kappa shape index (κ1) is 23.3. The Balaban J connectivity index is 1.06. The number of hydrogen-bond donors (Lipinski definition) is 1. The highest BCUT2D eigenvalue weighted by Gasteiger charge is 2.34. The van der Waals surface area contributed by atoms with E-state index in [0.717, 1.165) is 50.9 Å². The molecule has 1 amide bonds. The fourth-order valence-electron chi connectivity index (χ4n) is 5.18. The second-order valence-corrected chi connectivity index (χ2v) is 9.65. The van der Waals surface area contributed by atoms with Gasteiger partial charge in [-0.15, -0.1) is 0 Å². The average Bonchev–Trinajstić information content (AvgIpc) is 3.23. The normalized spacial score (nSPS) is 22.6. The number of phenols is 1. The lowest BCUT2D eigenvalue weighted by Gasteiger charge is -2.36. The molecule has 0 unspecified atom stereocenters. The minimum Gasteiger partial charge on any atom is -0.508 e. The Morgan fingerprint density at radius 2 is 1.83 bits per heavy atom. The summed E-state index contributed by atoms with van der Waals surface area (Å²) in [5, 5.41) is 18.6. The zero-order chi connectivity index (χ0) is 24.2. The fourth-order valence-corrected chi connectivity index (χ4v) is 5.18. The number of fused-ring (bicyclic) bond motifs is 1. The molecule has 8 nitrogen and oxygen atoms in total. The Morgan fingerprint density at radius 1 is 1.03 bits per heavy atom. The van der Waals surface area contributed by atoms with E-state index in [2.05, 4.69) is 11.0 Å². The summed E-state index contributed by atoms with van der Waals surface area (Å²) in [4.78, 5) is 16.6. The number of ether oxygens (including phenoxy) is 3.